The molecule has 3 aromatic rings. The maximum atomic E-state index is 10.3. The van der Waals surface area contributed by atoms with Gasteiger partial charge in [-0.3, -0.25) is 10.3 Å². The molecule has 5 heteroatoms. The zero-order valence-corrected chi connectivity index (χ0v) is 15.0. The average Bonchev–Trinajstić information content (AvgIpc) is 3.17. The zero-order chi connectivity index (χ0) is 17.2. The van der Waals surface area contributed by atoms with Crippen LogP contribution in [0.2, 0.25) is 5.02 Å². The third-order valence-corrected chi connectivity index (χ3v) is 5.52. The van der Waals surface area contributed by atoms with Crippen LogP contribution >= 0.6 is 22.9 Å². The molecule has 0 saturated carbocycles. The number of benzene rings is 2. The average molecular weight is 369 g/mol. The number of hydrogen-bond donors (Lipinski definition) is 2. The maximum Gasteiger partial charge on any atom is 0.126 e. The number of aromatic hydroxyl groups is 1. The van der Waals surface area contributed by atoms with E-state index < -0.39 is 0 Å². The predicted octanol–water partition coefficient (Wildman–Crippen LogP) is 5.33. The largest absolute Gasteiger partial charge is 0.508 e. The molecule has 0 saturated heterocycles. The van der Waals surface area contributed by atoms with Gasteiger partial charge in [-0.05, 0) is 35.2 Å². The van der Waals surface area contributed by atoms with Gasteiger partial charge in [-0.25, -0.2) is 0 Å². The number of phenols is 1. The molecule has 0 aliphatic carbocycles. The van der Waals surface area contributed by atoms with Crippen molar-refractivity contribution in [1.29, 1.82) is 0 Å². The standard InChI is InChI=1S/C20H17ClN2OS/c21-14-9-7-13(8-10-14)20-22-16(15-4-1-2-5-18(15)24)12-17(23-20)19-6-3-11-25-19/h1-11,16,20,22,24H,12H2/t16-,20-/m0/s1. The van der Waals surface area contributed by atoms with Crippen molar-refractivity contribution in [3.8, 4) is 5.75 Å². The summed E-state index contributed by atoms with van der Waals surface area (Å²) in [6.45, 7) is 0. The molecule has 0 spiro atoms. The number of para-hydroxylation sites is 1. The molecular weight excluding hydrogens is 352 g/mol. The lowest BCUT2D eigenvalue weighted by atomic mass is 9.96. The first-order valence-electron chi connectivity index (χ1n) is 8.10. The second-order valence-electron chi connectivity index (χ2n) is 5.99. The van der Waals surface area contributed by atoms with E-state index >= 15 is 0 Å². The SMILES string of the molecule is Oc1ccccc1[C@@H]1CC(c2cccs2)=N[C@@H](c2ccc(Cl)cc2)N1. The highest BCUT2D eigenvalue weighted by Crippen LogP contribution is 2.35. The van der Waals surface area contributed by atoms with Crippen molar-refractivity contribution in [2.45, 2.75) is 18.6 Å². The van der Waals surface area contributed by atoms with Crippen LogP contribution in [0.25, 0.3) is 0 Å². The molecule has 0 amide bonds. The summed E-state index contributed by atoms with van der Waals surface area (Å²) in [5, 5.41) is 16.6. The van der Waals surface area contributed by atoms with Crippen LogP contribution in [0.4, 0.5) is 0 Å². The number of hydrogen-bond acceptors (Lipinski definition) is 4. The Morgan fingerprint density at radius 2 is 1.84 bits per heavy atom. The van der Waals surface area contributed by atoms with Crippen LogP contribution in [0.1, 0.15) is 34.6 Å². The number of halogens is 1. The van der Waals surface area contributed by atoms with Gasteiger partial charge in [0.25, 0.3) is 0 Å². The number of rotatable bonds is 3. The van der Waals surface area contributed by atoms with Gasteiger partial charge in [-0.1, -0.05) is 48.0 Å². The minimum atomic E-state index is -0.173. The summed E-state index contributed by atoms with van der Waals surface area (Å²) in [4.78, 5) is 6.09. The molecule has 126 valence electrons. The Bertz CT molecular complexity index is 890. The van der Waals surface area contributed by atoms with E-state index in [0.29, 0.717) is 10.8 Å². The molecule has 1 aliphatic rings. The smallest absolute Gasteiger partial charge is 0.126 e. The van der Waals surface area contributed by atoms with E-state index in [4.69, 9.17) is 16.6 Å². The number of nitrogens with zero attached hydrogens (tertiary/aromatic N) is 1. The Labute approximate surface area is 155 Å². The lowest BCUT2D eigenvalue weighted by Crippen LogP contribution is -2.32. The molecule has 2 aromatic carbocycles. The number of thiophene rings is 1. The Kier molecular flexibility index (Phi) is 4.57. The number of phenolic OH excluding ortho intramolecular Hbond substituents is 1. The molecule has 4 rings (SSSR count). The molecule has 25 heavy (non-hydrogen) atoms. The normalized spacial score (nSPS) is 20.3. The Hall–Kier alpha value is -2.14. The predicted molar refractivity (Wildman–Crippen MR) is 104 cm³/mol. The molecule has 2 N–H and O–H groups in total. The molecule has 1 aromatic heterocycles. The first-order valence-corrected chi connectivity index (χ1v) is 9.36. The fourth-order valence-electron chi connectivity index (χ4n) is 3.09. The summed E-state index contributed by atoms with van der Waals surface area (Å²) >= 11 is 7.71. The molecule has 0 unspecified atom stereocenters. The van der Waals surface area contributed by atoms with Crippen LogP contribution in [0, 0.1) is 0 Å². The van der Waals surface area contributed by atoms with Crippen molar-refractivity contribution in [3.63, 3.8) is 0 Å². The first-order chi connectivity index (χ1) is 12.2. The fraction of sp³-hybridized carbons (Fsp3) is 0.150. The molecule has 2 heterocycles. The van der Waals surface area contributed by atoms with Gasteiger partial charge in [0, 0.05) is 27.9 Å². The van der Waals surface area contributed by atoms with Gasteiger partial charge in [-0.15, -0.1) is 11.3 Å². The summed E-state index contributed by atoms with van der Waals surface area (Å²) in [6.07, 6.45) is 0.565. The lowest BCUT2D eigenvalue weighted by molar-refractivity contribution is 0.413. The maximum absolute atomic E-state index is 10.3. The van der Waals surface area contributed by atoms with Crippen LogP contribution in [0.3, 0.4) is 0 Å². The van der Waals surface area contributed by atoms with Gasteiger partial charge in [-0.2, -0.15) is 0 Å². The van der Waals surface area contributed by atoms with Gasteiger partial charge in [0.2, 0.25) is 0 Å². The van der Waals surface area contributed by atoms with E-state index in [1.165, 1.54) is 4.88 Å². The van der Waals surface area contributed by atoms with Gasteiger partial charge < -0.3 is 5.11 Å². The molecule has 1 aliphatic heterocycles. The van der Waals surface area contributed by atoms with Gasteiger partial charge in [0.15, 0.2) is 0 Å². The third-order valence-electron chi connectivity index (χ3n) is 4.34. The molecular formula is C20H17ClN2OS. The fourth-order valence-corrected chi connectivity index (χ4v) is 3.95. The van der Waals surface area contributed by atoms with Crippen LogP contribution in [-0.4, -0.2) is 10.8 Å². The molecule has 0 bridgehead atoms. The van der Waals surface area contributed by atoms with E-state index in [2.05, 4.69) is 16.8 Å². The van der Waals surface area contributed by atoms with E-state index in [9.17, 15) is 5.11 Å². The van der Waals surface area contributed by atoms with Gasteiger partial charge >= 0.3 is 0 Å². The van der Waals surface area contributed by atoms with Gasteiger partial charge in [0.05, 0.1) is 5.71 Å². The van der Waals surface area contributed by atoms with E-state index in [-0.39, 0.29) is 12.2 Å². The molecule has 2 atom stereocenters. The van der Waals surface area contributed by atoms with Crippen LogP contribution in [0.5, 0.6) is 5.75 Å². The molecule has 0 fully saturated rings. The first kappa shape index (κ1) is 16.3. The topological polar surface area (TPSA) is 44.6 Å². The van der Waals surface area contributed by atoms with Crippen molar-refractivity contribution >= 4 is 28.6 Å². The zero-order valence-electron chi connectivity index (χ0n) is 13.4. The second-order valence-corrected chi connectivity index (χ2v) is 7.37. The minimum Gasteiger partial charge on any atom is -0.508 e. The van der Waals surface area contributed by atoms with Crippen LogP contribution < -0.4 is 5.32 Å². The highest BCUT2D eigenvalue weighted by Gasteiger charge is 2.27. The van der Waals surface area contributed by atoms with Crippen molar-refractivity contribution in [2.75, 3.05) is 0 Å². The summed E-state index contributed by atoms with van der Waals surface area (Å²) in [7, 11) is 0. The summed E-state index contributed by atoms with van der Waals surface area (Å²) in [5.74, 6) is 0.308. The molecule has 0 radical (unpaired) electrons. The van der Waals surface area contributed by atoms with Crippen LogP contribution in [0.15, 0.2) is 71.0 Å². The Morgan fingerprint density at radius 1 is 1.04 bits per heavy atom. The minimum absolute atomic E-state index is 0.00326. The van der Waals surface area contributed by atoms with Gasteiger partial charge in [0.1, 0.15) is 11.9 Å². The quantitative estimate of drug-likeness (QED) is 0.656. The summed E-state index contributed by atoms with van der Waals surface area (Å²) < 4.78 is 0. The van der Waals surface area contributed by atoms with Crippen molar-refractivity contribution in [1.82, 2.24) is 5.32 Å². The third kappa shape index (κ3) is 3.47. The highest BCUT2D eigenvalue weighted by molar-refractivity contribution is 7.12. The van der Waals surface area contributed by atoms with E-state index in [1.54, 1.807) is 17.4 Å². The molecule has 3 nitrogen and oxygen atoms in total. The van der Waals surface area contributed by atoms with Crippen LogP contribution in [-0.2, 0) is 0 Å². The summed E-state index contributed by atoms with van der Waals surface area (Å²) in [5.41, 5.74) is 3.01. The Morgan fingerprint density at radius 3 is 2.56 bits per heavy atom. The highest BCUT2D eigenvalue weighted by atomic mass is 35.5. The number of aliphatic imine (C=N–C) groups is 1. The van der Waals surface area contributed by atoms with Crippen molar-refractivity contribution in [2.24, 2.45) is 4.99 Å². The van der Waals surface area contributed by atoms with E-state index in [1.807, 2.05) is 48.5 Å². The summed E-state index contributed by atoms with van der Waals surface area (Å²) in [6, 6.07) is 19.3. The second kappa shape index (κ2) is 7.00. The Balaban J connectivity index is 1.74. The number of nitrogens with one attached hydrogen (secondary N) is 1. The lowest BCUT2D eigenvalue weighted by Gasteiger charge is -2.30. The van der Waals surface area contributed by atoms with Crippen molar-refractivity contribution < 1.29 is 5.11 Å². The van der Waals surface area contributed by atoms with E-state index in [0.717, 1.165) is 23.3 Å². The van der Waals surface area contributed by atoms with Crippen molar-refractivity contribution in [3.05, 3.63) is 87.1 Å². The monoisotopic (exact) mass is 368 g/mol.